The molecule has 0 fully saturated rings. The number of aryl methyl sites for hydroxylation is 1. The quantitative estimate of drug-likeness (QED) is 0.740. The lowest BCUT2D eigenvalue weighted by molar-refractivity contribution is 0.672. The number of imidazole rings is 1. The number of alkyl halides is 1. The van der Waals surface area contributed by atoms with Gasteiger partial charge in [-0.25, -0.2) is 4.98 Å². The fraction of sp³-hybridized carbons (Fsp3) is 0.500. The van der Waals surface area contributed by atoms with Gasteiger partial charge in [-0.15, -0.1) is 11.6 Å². The largest absolute Gasteiger partial charge is 0.327 e. The number of benzene rings is 1. The average molecular weight is 251 g/mol. The Kier molecular flexibility index (Phi) is 3.72. The molecule has 1 heterocycles. The van der Waals surface area contributed by atoms with Gasteiger partial charge in [-0.3, -0.25) is 0 Å². The maximum absolute atomic E-state index is 5.96. The van der Waals surface area contributed by atoms with E-state index in [0.717, 1.165) is 24.3 Å². The van der Waals surface area contributed by atoms with Crippen molar-refractivity contribution in [2.75, 3.05) is 0 Å². The van der Waals surface area contributed by atoms with E-state index < -0.39 is 0 Å². The number of aromatic nitrogens is 2. The Morgan fingerprint density at radius 2 is 2.12 bits per heavy atom. The predicted octanol–water partition coefficient (Wildman–Crippen LogP) is 4.31. The van der Waals surface area contributed by atoms with Gasteiger partial charge < -0.3 is 4.57 Å². The number of hydrogen-bond acceptors (Lipinski definition) is 1. The normalized spacial score (nSPS) is 11.6. The van der Waals surface area contributed by atoms with Crippen molar-refractivity contribution in [2.24, 2.45) is 0 Å². The van der Waals surface area contributed by atoms with Crippen LogP contribution in [0.2, 0.25) is 0 Å². The van der Waals surface area contributed by atoms with E-state index in [-0.39, 0.29) is 0 Å². The number of hydrogen-bond donors (Lipinski definition) is 0. The highest BCUT2D eigenvalue weighted by molar-refractivity contribution is 6.16. The van der Waals surface area contributed by atoms with Gasteiger partial charge in [0.1, 0.15) is 5.82 Å². The SMILES string of the molecule is CCCn1c(CCl)nc2cc(C(C)C)ccc21. The summed E-state index contributed by atoms with van der Waals surface area (Å²) in [5.74, 6) is 1.99. The summed E-state index contributed by atoms with van der Waals surface area (Å²) in [6.07, 6.45) is 1.10. The Morgan fingerprint density at radius 3 is 2.71 bits per heavy atom. The minimum absolute atomic E-state index is 0.478. The molecule has 0 spiro atoms. The molecule has 0 aliphatic heterocycles. The average Bonchev–Trinajstić information content (AvgIpc) is 2.67. The number of rotatable bonds is 4. The van der Waals surface area contributed by atoms with Crippen molar-refractivity contribution in [2.45, 2.75) is 45.5 Å². The van der Waals surface area contributed by atoms with Gasteiger partial charge in [0.05, 0.1) is 16.9 Å². The third-order valence-corrected chi connectivity index (χ3v) is 3.32. The molecule has 0 saturated carbocycles. The smallest absolute Gasteiger partial charge is 0.124 e. The summed E-state index contributed by atoms with van der Waals surface area (Å²) in [4.78, 5) is 4.62. The minimum Gasteiger partial charge on any atom is -0.327 e. The Balaban J connectivity index is 2.57. The van der Waals surface area contributed by atoms with Crippen LogP contribution in [-0.4, -0.2) is 9.55 Å². The topological polar surface area (TPSA) is 17.8 Å². The van der Waals surface area contributed by atoms with Crippen LogP contribution in [0.25, 0.3) is 11.0 Å². The van der Waals surface area contributed by atoms with Crippen LogP contribution in [0.15, 0.2) is 18.2 Å². The van der Waals surface area contributed by atoms with E-state index in [2.05, 4.69) is 48.5 Å². The maximum atomic E-state index is 5.96. The molecule has 3 heteroatoms. The molecule has 0 atom stereocenters. The van der Waals surface area contributed by atoms with Crippen LogP contribution in [0.3, 0.4) is 0 Å². The number of nitrogens with zero attached hydrogens (tertiary/aromatic N) is 2. The second-order valence-corrected chi connectivity index (χ2v) is 4.98. The first-order chi connectivity index (χ1) is 8.17. The van der Waals surface area contributed by atoms with Crippen molar-refractivity contribution in [3.63, 3.8) is 0 Å². The first-order valence-corrected chi connectivity index (χ1v) is 6.75. The second kappa shape index (κ2) is 5.09. The van der Waals surface area contributed by atoms with Crippen LogP contribution in [0, 0.1) is 0 Å². The zero-order valence-corrected chi connectivity index (χ0v) is 11.5. The van der Waals surface area contributed by atoms with Crippen LogP contribution in [0.4, 0.5) is 0 Å². The molecule has 0 saturated heterocycles. The predicted molar refractivity (Wildman–Crippen MR) is 73.7 cm³/mol. The number of fused-ring (bicyclic) bond motifs is 1. The lowest BCUT2D eigenvalue weighted by atomic mass is 10.0. The van der Waals surface area contributed by atoms with Gasteiger partial charge in [0, 0.05) is 6.54 Å². The zero-order chi connectivity index (χ0) is 12.4. The van der Waals surface area contributed by atoms with Gasteiger partial charge >= 0.3 is 0 Å². The fourth-order valence-electron chi connectivity index (χ4n) is 2.13. The van der Waals surface area contributed by atoms with Crippen molar-refractivity contribution in [1.29, 1.82) is 0 Å². The van der Waals surface area contributed by atoms with Gasteiger partial charge in [-0.2, -0.15) is 0 Å². The molecule has 17 heavy (non-hydrogen) atoms. The lowest BCUT2D eigenvalue weighted by Gasteiger charge is -2.07. The summed E-state index contributed by atoms with van der Waals surface area (Å²) in [5.41, 5.74) is 3.60. The van der Waals surface area contributed by atoms with Crippen molar-refractivity contribution < 1.29 is 0 Å². The second-order valence-electron chi connectivity index (χ2n) is 4.72. The molecule has 0 radical (unpaired) electrons. The summed E-state index contributed by atoms with van der Waals surface area (Å²) in [5, 5.41) is 0. The van der Waals surface area contributed by atoms with Crippen LogP contribution >= 0.6 is 11.6 Å². The Hall–Kier alpha value is -1.02. The summed E-state index contributed by atoms with van der Waals surface area (Å²) >= 11 is 5.96. The Labute approximate surface area is 108 Å². The van der Waals surface area contributed by atoms with Crippen LogP contribution < -0.4 is 0 Å². The van der Waals surface area contributed by atoms with Gasteiger partial charge in [-0.1, -0.05) is 26.8 Å². The zero-order valence-electron chi connectivity index (χ0n) is 10.7. The Bertz CT molecular complexity index is 514. The fourth-order valence-corrected chi connectivity index (χ4v) is 2.33. The first kappa shape index (κ1) is 12.4. The van der Waals surface area contributed by atoms with E-state index in [1.807, 2.05) is 0 Å². The van der Waals surface area contributed by atoms with Gasteiger partial charge in [-0.05, 0) is 30.0 Å². The summed E-state index contributed by atoms with van der Waals surface area (Å²) in [6, 6.07) is 6.55. The summed E-state index contributed by atoms with van der Waals surface area (Å²) in [7, 11) is 0. The molecule has 0 amide bonds. The molecule has 2 nitrogen and oxygen atoms in total. The molecule has 2 aromatic rings. The molecule has 92 valence electrons. The molecule has 2 rings (SSSR count). The highest BCUT2D eigenvalue weighted by Gasteiger charge is 2.10. The molecule has 0 N–H and O–H groups in total. The van der Waals surface area contributed by atoms with Crippen molar-refractivity contribution in [3.8, 4) is 0 Å². The van der Waals surface area contributed by atoms with E-state index in [0.29, 0.717) is 11.8 Å². The van der Waals surface area contributed by atoms with Crippen molar-refractivity contribution in [1.82, 2.24) is 9.55 Å². The van der Waals surface area contributed by atoms with E-state index in [4.69, 9.17) is 11.6 Å². The maximum Gasteiger partial charge on any atom is 0.124 e. The van der Waals surface area contributed by atoms with Gasteiger partial charge in [0.15, 0.2) is 0 Å². The molecule has 0 bridgehead atoms. The molecule has 1 aromatic carbocycles. The van der Waals surface area contributed by atoms with Crippen molar-refractivity contribution >= 4 is 22.6 Å². The lowest BCUT2D eigenvalue weighted by Crippen LogP contribution is -2.01. The monoisotopic (exact) mass is 250 g/mol. The first-order valence-electron chi connectivity index (χ1n) is 6.22. The molecule has 0 aliphatic rings. The van der Waals surface area contributed by atoms with Crippen LogP contribution in [0.1, 0.15) is 44.5 Å². The minimum atomic E-state index is 0.478. The summed E-state index contributed by atoms with van der Waals surface area (Å²) < 4.78 is 2.23. The molecule has 0 aliphatic carbocycles. The van der Waals surface area contributed by atoms with Gasteiger partial charge in [0.2, 0.25) is 0 Å². The summed E-state index contributed by atoms with van der Waals surface area (Å²) in [6.45, 7) is 7.56. The molecular weight excluding hydrogens is 232 g/mol. The van der Waals surface area contributed by atoms with Crippen molar-refractivity contribution in [3.05, 3.63) is 29.6 Å². The third-order valence-electron chi connectivity index (χ3n) is 3.08. The van der Waals surface area contributed by atoms with E-state index in [1.165, 1.54) is 11.1 Å². The Morgan fingerprint density at radius 1 is 1.35 bits per heavy atom. The third kappa shape index (κ3) is 2.32. The van der Waals surface area contributed by atoms with E-state index in [9.17, 15) is 0 Å². The van der Waals surface area contributed by atoms with Crippen LogP contribution in [0.5, 0.6) is 0 Å². The van der Waals surface area contributed by atoms with E-state index >= 15 is 0 Å². The molecular formula is C14H19ClN2. The number of halogens is 1. The molecule has 0 unspecified atom stereocenters. The standard InChI is InChI=1S/C14H19ClN2/c1-4-7-17-13-6-5-11(10(2)3)8-12(13)16-14(17)9-15/h5-6,8,10H,4,7,9H2,1-3H3. The highest BCUT2D eigenvalue weighted by Crippen LogP contribution is 2.23. The van der Waals surface area contributed by atoms with Crippen LogP contribution in [-0.2, 0) is 12.4 Å². The molecule has 1 aromatic heterocycles. The van der Waals surface area contributed by atoms with Gasteiger partial charge in [0.25, 0.3) is 0 Å². The highest BCUT2D eigenvalue weighted by atomic mass is 35.5. The van der Waals surface area contributed by atoms with E-state index in [1.54, 1.807) is 0 Å².